The smallest absolute Gasteiger partial charge is 0.127 e. The van der Waals surface area contributed by atoms with Gasteiger partial charge in [0.15, 0.2) is 0 Å². The maximum absolute atomic E-state index is 13.6. The summed E-state index contributed by atoms with van der Waals surface area (Å²) in [4.78, 5) is 0. The SMILES string of the molecule is CNCc1cc(-c2cc(Cl)ccc2Cl)ccc1F. The molecule has 0 spiro atoms. The molecule has 0 radical (unpaired) electrons. The fraction of sp³-hybridized carbons (Fsp3) is 0.143. The van der Waals surface area contributed by atoms with Gasteiger partial charge in [-0.2, -0.15) is 0 Å². The average molecular weight is 284 g/mol. The van der Waals surface area contributed by atoms with E-state index in [9.17, 15) is 4.39 Å². The summed E-state index contributed by atoms with van der Waals surface area (Å²) >= 11 is 12.1. The molecule has 4 heteroatoms. The highest BCUT2D eigenvalue weighted by Gasteiger charge is 2.08. The van der Waals surface area contributed by atoms with E-state index in [2.05, 4.69) is 5.32 Å². The third kappa shape index (κ3) is 2.83. The summed E-state index contributed by atoms with van der Waals surface area (Å²) < 4.78 is 13.6. The molecule has 0 saturated carbocycles. The minimum Gasteiger partial charge on any atom is -0.316 e. The van der Waals surface area contributed by atoms with Crippen LogP contribution < -0.4 is 5.32 Å². The van der Waals surface area contributed by atoms with Crippen molar-refractivity contribution in [3.05, 3.63) is 57.8 Å². The Bertz CT molecular complexity index is 570. The van der Waals surface area contributed by atoms with E-state index in [1.807, 2.05) is 0 Å². The minimum absolute atomic E-state index is 0.230. The van der Waals surface area contributed by atoms with Crippen molar-refractivity contribution in [3.8, 4) is 11.1 Å². The molecule has 0 bridgehead atoms. The molecule has 1 N–H and O–H groups in total. The molecule has 18 heavy (non-hydrogen) atoms. The monoisotopic (exact) mass is 283 g/mol. The van der Waals surface area contributed by atoms with Gasteiger partial charge in [-0.15, -0.1) is 0 Å². The molecule has 0 atom stereocenters. The quantitative estimate of drug-likeness (QED) is 0.873. The maximum Gasteiger partial charge on any atom is 0.127 e. The molecule has 0 amide bonds. The molecule has 0 aliphatic rings. The lowest BCUT2D eigenvalue weighted by atomic mass is 10.0. The van der Waals surface area contributed by atoms with E-state index >= 15 is 0 Å². The first-order chi connectivity index (χ1) is 8.61. The Labute approximate surface area is 116 Å². The van der Waals surface area contributed by atoms with Crippen LogP contribution in [0.1, 0.15) is 5.56 Å². The van der Waals surface area contributed by atoms with Gasteiger partial charge in [-0.1, -0.05) is 29.3 Å². The fourth-order valence-electron chi connectivity index (χ4n) is 1.79. The second-order valence-corrected chi connectivity index (χ2v) is 4.80. The third-order valence-corrected chi connectivity index (χ3v) is 3.22. The second-order valence-electron chi connectivity index (χ2n) is 3.96. The van der Waals surface area contributed by atoms with Crippen LogP contribution in [-0.4, -0.2) is 7.05 Å². The Morgan fingerprint density at radius 1 is 1.11 bits per heavy atom. The molecular formula is C14H12Cl2FN. The van der Waals surface area contributed by atoms with E-state index < -0.39 is 0 Å². The molecule has 0 fully saturated rings. The van der Waals surface area contributed by atoms with E-state index in [1.165, 1.54) is 6.07 Å². The minimum atomic E-state index is -0.230. The van der Waals surface area contributed by atoms with Crippen LogP contribution in [0.2, 0.25) is 10.0 Å². The predicted octanol–water partition coefficient (Wildman–Crippen LogP) is 4.52. The zero-order valence-electron chi connectivity index (χ0n) is 9.81. The van der Waals surface area contributed by atoms with Crippen molar-refractivity contribution in [1.29, 1.82) is 0 Å². The van der Waals surface area contributed by atoms with Gasteiger partial charge >= 0.3 is 0 Å². The summed E-state index contributed by atoms with van der Waals surface area (Å²) in [5, 5.41) is 4.13. The van der Waals surface area contributed by atoms with Crippen LogP contribution in [0.3, 0.4) is 0 Å². The molecule has 0 heterocycles. The summed E-state index contributed by atoms with van der Waals surface area (Å²) in [6, 6.07) is 10.2. The van der Waals surface area contributed by atoms with Crippen LogP contribution in [0, 0.1) is 5.82 Å². The van der Waals surface area contributed by atoms with E-state index in [1.54, 1.807) is 37.4 Å². The average Bonchev–Trinajstić information content (AvgIpc) is 2.35. The number of nitrogens with one attached hydrogen (secondary N) is 1. The number of rotatable bonds is 3. The van der Waals surface area contributed by atoms with E-state index in [-0.39, 0.29) is 5.82 Å². The molecule has 0 aromatic heterocycles. The lowest BCUT2D eigenvalue weighted by Gasteiger charge is -2.09. The van der Waals surface area contributed by atoms with E-state index in [0.29, 0.717) is 22.2 Å². The predicted molar refractivity (Wildman–Crippen MR) is 74.6 cm³/mol. The Kier molecular flexibility index (Phi) is 4.23. The first-order valence-corrected chi connectivity index (χ1v) is 6.26. The van der Waals surface area contributed by atoms with Gasteiger partial charge in [-0.3, -0.25) is 0 Å². The van der Waals surface area contributed by atoms with Crippen LogP contribution in [0.25, 0.3) is 11.1 Å². The molecule has 1 nitrogen and oxygen atoms in total. The third-order valence-electron chi connectivity index (χ3n) is 2.65. The normalized spacial score (nSPS) is 10.7. The Morgan fingerprint density at radius 2 is 1.89 bits per heavy atom. The molecule has 2 aromatic rings. The van der Waals surface area contributed by atoms with Gasteiger partial charge in [-0.05, 0) is 42.9 Å². The molecule has 2 aromatic carbocycles. The Balaban J connectivity index is 2.50. The van der Waals surface area contributed by atoms with Crippen molar-refractivity contribution in [2.75, 3.05) is 7.05 Å². The highest BCUT2D eigenvalue weighted by Crippen LogP contribution is 2.31. The molecule has 94 valence electrons. The zero-order chi connectivity index (χ0) is 13.1. The van der Waals surface area contributed by atoms with Crippen LogP contribution in [-0.2, 0) is 6.54 Å². The standard InChI is InChI=1S/C14H12Cl2FN/c1-18-8-10-6-9(2-5-14(10)17)12-7-11(15)3-4-13(12)16/h2-7,18H,8H2,1H3. The topological polar surface area (TPSA) is 12.0 Å². The first-order valence-electron chi connectivity index (χ1n) is 5.50. The lowest BCUT2D eigenvalue weighted by molar-refractivity contribution is 0.601. The molecule has 2 rings (SSSR count). The van der Waals surface area contributed by atoms with Gasteiger partial charge in [-0.25, -0.2) is 4.39 Å². The van der Waals surface area contributed by atoms with Gasteiger partial charge in [0.1, 0.15) is 5.82 Å². The van der Waals surface area contributed by atoms with Crippen LogP contribution >= 0.6 is 23.2 Å². The zero-order valence-corrected chi connectivity index (χ0v) is 11.3. The summed E-state index contributed by atoms with van der Waals surface area (Å²) in [6.45, 7) is 0.470. The Hall–Kier alpha value is -1.09. The van der Waals surface area contributed by atoms with Crippen molar-refractivity contribution < 1.29 is 4.39 Å². The van der Waals surface area contributed by atoms with Gasteiger partial charge < -0.3 is 5.32 Å². The van der Waals surface area contributed by atoms with Gasteiger partial charge in [0, 0.05) is 27.7 Å². The van der Waals surface area contributed by atoms with Gasteiger partial charge in [0.25, 0.3) is 0 Å². The lowest BCUT2D eigenvalue weighted by Crippen LogP contribution is -2.07. The second kappa shape index (κ2) is 5.70. The van der Waals surface area contributed by atoms with E-state index in [4.69, 9.17) is 23.2 Å². The van der Waals surface area contributed by atoms with Crippen molar-refractivity contribution in [2.24, 2.45) is 0 Å². The summed E-state index contributed by atoms with van der Waals surface area (Å²) in [5.74, 6) is -0.230. The molecule has 0 saturated heterocycles. The number of hydrogen-bond acceptors (Lipinski definition) is 1. The van der Waals surface area contributed by atoms with Crippen LogP contribution in [0.15, 0.2) is 36.4 Å². The number of hydrogen-bond donors (Lipinski definition) is 1. The van der Waals surface area contributed by atoms with Crippen LogP contribution in [0.4, 0.5) is 4.39 Å². The number of benzene rings is 2. The summed E-state index contributed by atoms with van der Waals surface area (Å²) in [6.07, 6.45) is 0. The molecule has 0 aliphatic heterocycles. The Morgan fingerprint density at radius 3 is 2.61 bits per heavy atom. The number of halogens is 3. The molecule has 0 unspecified atom stereocenters. The van der Waals surface area contributed by atoms with Crippen molar-refractivity contribution in [1.82, 2.24) is 5.32 Å². The van der Waals surface area contributed by atoms with Gasteiger partial charge in [0.2, 0.25) is 0 Å². The fourth-order valence-corrected chi connectivity index (χ4v) is 2.19. The largest absolute Gasteiger partial charge is 0.316 e. The molecule has 0 aliphatic carbocycles. The summed E-state index contributed by atoms with van der Waals surface area (Å²) in [7, 11) is 1.78. The highest BCUT2D eigenvalue weighted by molar-refractivity contribution is 6.35. The van der Waals surface area contributed by atoms with Crippen molar-refractivity contribution in [3.63, 3.8) is 0 Å². The molecular weight excluding hydrogens is 272 g/mol. The van der Waals surface area contributed by atoms with Crippen molar-refractivity contribution in [2.45, 2.75) is 6.54 Å². The van der Waals surface area contributed by atoms with E-state index in [0.717, 1.165) is 11.1 Å². The van der Waals surface area contributed by atoms with Gasteiger partial charge in [0.05, 0.1) is 0 Å². The summed E-state index contributed by atoms with van der Waals surface area (Å²) in [5.41, 5.74) is 2.27. The van der Waals surface area contributed by atoms with Crippen molar-refractivity contribution >= 4 is 23.2 Å². The maximum atomic E-state index is 13.6. The van der Waals surface area contributed by atoms with Crippen LogP contribution in [0.5, 0.6) is 0 Å². The first kappa shape index (κ1) is 13.3. The highest BCUT2D eigenvalue weighted by atomic mass is 35.5.